The zero-order chi connectivity index (χ0) is 12.0. The first-order valence-electron chi connectivity index (χ1n) is 5.55. The summed E-state index contributed by atoms with van der Waals surface area (Å²) in [6, 6.07) is -0.673. The molecule has 0 aromatic carbocycles. The number of rotatable bonds is 6. The van der Waals surface area contributed by atoms with Crippen molar-refractivity contribution < 1.29 is 9.90 Å². The summed E-state index contributed by atoms with van der Waals surface area (Å²) in [5.41, 5.74) is 5.73. The largest absolute Gasteiger partial charge is 0.394 e. The average Bonchev–Trinajstić information content (AvgIpc) is 2.11. The normalized spacial score (nSPS) is 15.5. The minimum absolute atomic E-state index is 0.0438. The van der Waals surface area contributed by atoms with Crippen molar-refractivity contribution in [1.82, 2.24) is 5.32 Å². The van der Waals surface area contributed by atoms with Gasteiger partial charge in [-0.05, 0) is 18.3 Å². The van der Waals surface area contributed by atoms with Gasteiger partial charge >= 0.3 is 0 Å². The number of nitrogens with two attached hydrogens (primary N) is 1. The minimum atomic E-state index is -0.474. The lowest BCUT2D eigenvalue weighted by Crippen LogP contribution is -2.49. The summed E-state index contributed by atoms with van der Waals surface area (Å²) in [6.45, 7) is 7.92. The van der Waals surface area contributed by atoms with Crippen molar-refractivity contribution in [3.05, 3.63) is 0 Å². The Kier molecular flexibility index (Phi) is 6.52. The van der Waals surface area contributed by atoms with Crippen molar-refractivity contribution in [2.75, 3.05) is 6.61 Å². The molecule has 0 aliphatic heterocycles. The fourth-order valence-corrected chi connectivity index (χ4v) is 1.33. The molecule has 0 aliphatic carbocycles. The van der Waals surface area contributed by atoms with Crippen molar-refractivity contribution in [3.63, 3.8) is 0 Å². The lowest BCUT2D eigenvalue weighted by Gasteiger charge is -2.22. The maximum absolute atomic E-state index is 11.6. The maximum atomic E-state index is 11.6. The number of amides is 1. The van der Waals surface area contributed by atoms with Gasteiger partial charge in [-0.3, -0.25) is 4.79 Å². The molecular formula is C11H24N2O2. The number of carbonyl (C=O) groups is 1. The van der Waals surface area contributed by atoms with E-state index in [0.29, 0.717) is 12.3 Å². The van der Waals surface area contributed by atoms with Gasteiger partial charge in [-0.1, -0.05) is 27.7 Å². The Morgan fingerprint density at radius 2 is 1.87 bits per heavy atom. The van der Waals surface area contributed by atoms with Crippen LogP contribution in [0.25, 0.3) is 0 Å². The second-order valence-electron chi connectivity index (χ2n) is 4.78. The molecule has 15 heavy (non-hydrogen) atoms. The Labute approximate surface area is 92.2 Å². The van der Waals surface area contributed by atoms with Gasteiger partial charge in [0.05, 0.1) is 18.7 Å². The number of aliphatic hydroxyl groups is 1. The molecule has 4 heteroatoms. The molecule has 0 bridgehead atoms. The van der Waals surface area contributed by atoms with Crippen LogP contribution in [-0.4, -0.2) is 29.7 Å². The second-order valence-corrected chi connectivity index (χ2v) is 4.78. The molecule has 0 spiro atoms. The van der Waals surface area contributed by atoms with Gasteiger partial charge in [-0.15, -0.1) is 0 Å². The molecule has 90 valence electrons. The van der Waals surface area contributed by atoms with E-state index < -0.39 is 6.04 Å². The van der Waals surface area contributed by atoms with Crippen LogP contribution in [-0.2, 0) is 4.79 Å². The predicted molar refractivity (Wildman–Crippen MR) is 61.3 cm³/mol. The second kappa shape index (κ2) is 6.80. The number of carbonyl (C=O) groups excluding carboxylic acids is 1. The smallest absolute Gasteiger partial charge is 0.237 e. The molecule has 1 amide bonds. The van der Waals surface area contributed by atoms with E-state index in [1.165, 1.54) is 0 Å². The zero-order valence-corrected chi connectivity index (χ0v) is 10.2. The summed E-state index contributed by atoms with van der Waals surface area (Å²) in [5.74, 6) is 0.444. The first kappa shape index (κ1) is 14.4. The van der Waals surface area contributed by atoms with Gasteiger partial charge in [-0.2, -0.15) is 0 Å². The van der Waals surface area contributed by atoms with E-state index in [2.05, 4.69) is 5.32 Å². The Balaban J connectivity index is 4.10. The SMILES string of the molecule is CC(C)CC(N)C(=O)N[C@H](CO)C(C)C. The maximum Gasteiger partial charge on any atom is 0.237 e. The Bertz CT molecular complexity index is 193. The molecule has 0 heterocycles. The van der Waals surface area contributed by atoms with Crippen LogP contribution >= 0.6 is 0 Å². The van der Waals surface area contributed by atoms with Gasteiger partial charge in [0.15, 0.2) is 0 Å². The highest BCUT2D eigenvalue weighted by atomic mass is 16.3. The fraction of sp³-hybridized carbons (Fsp3) is 0.909. The van der Waals surface area contributed by atoms with E-state index in [-0.39, 0.29) is 24.5 Å². The zero-order valence-electron chi connectivity index (χ0n) is 10.2. The number of nitrogens with one attached hydrogen (secondary N) is 1. The quantitative estimate of drug-likeness (QED) is 0.605. The van der Waals surface area contributed by atoms with Gasteiger partial charge in [0.25, 0.3) is 0 Å². The van der Waals surface area contributed by atoms with Crippen LogP contribution in [0.15, 0.2) is 0 Å². The van der Waals surface area contributed by atoms with E-state index in [4.69, 9.17) is 10.8 Å². The average molecular weight is 216 g/mol. The Hall–Kier alpha value is -0.610. The van der Waals surface area contributed by atoms with Crippen LogP contribution in [0.1, 0.15) is 34.1 Å². The highest BCUT2D eigenvalue weighted by molar-refractivity contribution is 5.81. The van der Waals surface area contributed by atoms with E-state index >= 15 is 0 Å². The number of aliphatic hydroxyl groups excluding tert-OH is 1. The van der Waals surface area contributed by atoms with Crippen molar-refractivity contribution in [1.29, 1.82) is 0 Å². The van der Waals surface area contributed by atoms with E-state index in [0.717, 1.165) is 0 Å². The predicted octanol–water partition coefficient (Wildman–Crippen LogP) is 0.493. The molecule has 4 N–H and O–H groups in total. The summed E-state index contributed by atoms with van der Waals surface area (Å²) >= 11 is 0. The van der Waals surface area contributed by atoms with Crippen molar-refractivity contribution in [2.45, 2.75) is 46.2 Å². The number of hydrogen-bond acceptors (Lipinski definition) is 3. The highest BCUT2D eigenvalue weighted by Gasteiger charge is 2.20. The monoisotopic (exact) mass is 216 g/mol. The molecule has 0 aliphatic rings. The third kappa shape index (κ3) is 5.74. The summed E-state index contributed by atoms with van der Waals surface area (Å²) in [6.07, 6.45) is 0.669. The molecule has 0 radical (unpaired) electrons. The molecular weight excluding hydrogens is 192 g/mol. The topological polar surface area (TPSA) is 75.4 Å². The first-order valence-corrected chi connectivity index (χ1v) is 5.55. The van der Waals surface area contributed by atoms with Gasteiger partial charge in [0, 0.05) is 0 Å². The molecule has 0 saturated heterocycles. The third-order valence-electron chi connectivity index (χ3n) is 2.39. The molecule has 1 unspecified atom stereocenters. The number of hydrogen-bond donors (Lipinski definition) is 3. The summed E-state index contributed by atoms with van der Waals surface area (Å²) < 4.78 is 0. The standard InChI is InChI=1S/C11H24N2O2/c1-7(2)5-9(12)11(15)13-10(6-14)8(3)4/h7-10,14H,5-6,12H2,1-4H3,(H,13,15)/t9?,10-/m1/s1. The van der Waals surface area contributed by atoms with Crippen molar-refractivity contribution in [2.24, 2.45) is 17.6 Å². The van der Waals surface area contributed by atoms with Crippen molar-refractivity contribution in [3.8, 4) is 0 Å². The Morgan fingerprint density at radius 1 is 1.33 bits per heavy atom. The van der Waals surface area contributed by atoms with E-state index in [1.807, 2.05) is 27.7 Å². The fourth-order valence-electron chi connectivity index (χ4n) is 1.33. The van der Waals surface area contributed by atoms with E-state index in [1.54, 1.807) is 0 Å². The molecule has 0 aromatic rings. The van der Waals surface area contributed by atoms with Crippen LogP contribution in [0.5, 0.6) is 0 Å². The van der Waals surface area contributed by atoms with Crippen molar-refractivity contribution >= 4 is 5.91 Å². The van der Waals surface area contributed by atoms with Crippen LogP contribution in [0.3, 0.4) is 0 Å². The Morgan fingerprint density at radius 3 is 2.20 bits per heavy atom. The van der Waals surface area contributed by atoms with Gasteiger partial charge in [0.2, 0.25) is 5.91 Å². The highest BCUT2D eigenvalue weighted by Crippen LogP contribution is 2.05. The molecule has 0 aromatic heterocycles. The lowest BCUT2D eigenvalue weighted by molar-refractivity contribution is -0.124. The third-order valence-corrected chi connectivity index (χ3v) is 2.39. The van der Waals surface area contributed by atoms with Crippen LogP contribution < -0.4 is 11.1 Å². The lowest BCUT2D eigenvalue weighted by atomic mass is 10.0. The van der Waals surface area contributed by atoms with Crippen LogP contribution in [0.4, 0.5) is 0 Å². The summed E-state index contributed by atoms with van der Waals surface area (Å²) in [5, 5.41) is 11.8. The van der Waals surface area contributed by atoms with E-state index in [9.17, 15) is 4.79 Å². The summed E-state index contributed by atoms with van der Waals surface area (Å²) in [4.78, 5) is 11.6. The minimum Gasteiger partial charge on any atom is -0.394 e. The molecule has 0 rings (SSSR count). The van der Waals surface area contributed by atoms with Gasteiger partial charge in [0.1, 0.15) is 0 Å². The van der Waals surface area contributed by atoms with Crippen LogP contribution in [0.2, 0.25) is 0 Å². The van der Waals surface area contributed by atoms with Gasteiger partial charge < -0.3 is 16.2 Å². The summed E-state index contributed by atoms with van der Waals surface area (Å²) in [7, 11) is 0. The van der Waals surface area contributed by atoms with Crippen LogP contribution in [0, 0.1) is 11.8 Å². The van der Waals surface area contributed by atoms with Gasteiger partial charge in [-0.25, -0.2) is 0 Å². The first-order chi connectivity index (χ1) is 6.88. The molecule has 0 saturated carbocycles. The molecule has 0 fully saturated rings. The molecule has 2 atom stereocenters. The molecule has 4 nitrogen and oxygen atoms in total.